The first-order valence-corrected chi connectivity index (χ1v) is 14.5. The number of allylic oxidation sites excluding steroid dienone is 1. The zero-order valence-corrected chi connectivity index (χ0v) is 22.9. The van der Waals surface area contributed by atoms with Crippen molar-refractivity contribution >= 4 is 17.0 Å². The molecule has 0 atom stereocenters. The van der Waals surface area contributed by atoms with Crippen LogP contribution in [0.5, 0.6) is 0 Å². The summed E-state index contributed by atoms with van der Waals surface area (Å²) in [5.41, 5.74) is 13.5. The first kappa shape index (κ1) is 23.2. The van der Waals surface area contributed by atoms with Crippen molar-refractivity contribution in [2.24, 2.45) is 0 Å². The van der Waals surface area contributed by atoms with E-state index in [9.17, 15) is 0 Å². The smallest absolute Gasteiger partial charge is 0.137 e. The minimum Gasteiger partial charge on any atom is -0.293 e. The molecule has 2 aliphatic rings. The molecule has 0 saturated carbocycles. The zero-order valence-electron chi connectivity index (χ0n) is 22.9. The molecule has 0 amide bonds. The van der Waals surface area contributed by atoms with Crippen molar-refractivity contribution in [3.05, 3.63) is 139 Å². The van der Waals surface area contributed by atoms with Gasteiger partial charge in [0.05, 0.1) is 22.6 Å². The summed E-state index contributed by atoms with van der Waals surface area (Å²) in [5, 5.41) is 1.21. The molecule has 4 heterocycles. The Morgan fingerprint density at radius 1 is 0.524 bits per heavy atom. The molecule has 4 nitrogen and oxygen atoms in total. The maximum absolute atomic E-state index is 4.88. The van der Waals surface area contributed by atoms with Crippen molar-refractivity contribution in [3.63, 3.8) is 0 Å². The lowest BCUT2D eigenvalue weighted by Crippen LogP contribution is -2.05. The fraction of sp³-hybridized carbons (Fsp3) is 0.0526. The Bertz CT molecular complexity index is 2180. The highest BCUT2D eigenvalue weighted by atomic mass is 15.1. The molecular weight excluding hydrogens is 512 g/mol. The second kappa shape index (κ2) is 9.02. The van der Waals surface area contributed by atoms with E-state index in [4.69, 9.17) is 9.97 Å². The van der Waals surface area contributed by atoms with Gasteiger partial charge < -0.3 is 0 Å². The highest BCUT2D eigenvalue weighted by molar-refractivity contribution is 6.13. The van der Waals surface area contributed by atoms with E-state index in [0.29, 0.717) is 0 Å². The van der Waals surface area contributed by atoms with E-state index >= 15 is 0 Å². The fourth-order valence-corrected chi connectivity index (χ4v) is 7.07. The summed E-state index contributed by atoms with van der Waals surface area (Å²) in [5.74, 6) is 1.85. The van der Waals surface area contributed by atoms with Crippen LogP contribution in [-0.2, 0) is 6.42 Å². The van der Waals surface area contributed by atoms with Crippen molar-refractivity contribution in [2.45, 2.75) is 12.8 Å². The molecule has 3 aromatic carbocycles. The molecule has 4 aromatic heterocycles. The molecular formula is C38H26N4. The molecule has 2 aliphatic carbocycles. The molecule has 42 heavy (non-hydrogen) atoms. The van der Waals surface area contributed by atoms with Crippen LogP contribution in [0.1, 0.15) is 17.7 Å². The number of para-hydroxylation sites is 1. The molecule has 0 N–H and O–H groups in total. The van der Waals surface area contributed by atoms with E-state index in [2.05, 4.69) is 118 Å². The summed E-state index contributed by atoms with van der Waals surface area (Å²) >= 11 is 0. The van der Waals surface area contributed by atoms with Gasteiger partial charge in [0.25, 0.3) is 0 Å². The summed E-state index contributed by atoms with van der Waals surface area (Å²) in [6.07, 6.45) is 10.4. The number of nitrogens with zero attached hydrogens (tertiary/aromatic N) is 4. The Kier molecular flexibility index (Phi) is 4.99. The number of hydrogen-bond acceptors (Lipinski definition) is 2. The second-order valence-electron chi connectivity index (χ2n) is 10.9. The van der Waals surface area contributed by atoms with Crippen molar-refractivity contribution in [2.75, 3.05) is 0 Å². The van der Waals surface area contributed by atoms with Crippen LogP contribution in [-0.4, -0.2) is 19.1 Å². The van der Waals surface area contributed by atoms with Crippen LogP contribution in [0.25, 0.3) is 73.4 Å². The lowest BCUT2D eigenvalue weighted by molar-refractivity contribution is 0.942. The number of pyridine rings is 2. The Hall–Kier alpha value is -5.48. The summed E-state index contributed by atoms with van der Waals surface area (Å²) in [6, 6.07) is 38.9. The van der Waals surface area contributed by atoms with E-state index in [1.54, 1.807) is 0 Å². The number of rotatable bonds is 2. The summed E-state index contributed by atoms with van der Waals surface area (Å²) in [7, 11) is 0. The van der Waals surface area contributed by atoms with Crippen molar-refractivity contribution in [3.8, 4) is 56.4 Å². The highest BCUT2D eigenvalue weighted by Gasteiger charge is 2.33. The van der Waals surface area contributed by atoms with Gasteiger partial charge in [-0.2, -0.15) is 0 Å². The molecule has 4 heteroatoms. The van der Waals surface area contributed by atoms with Gasteiger partial charge in [0.2, 0.25) is 0 Å². The molecule has 0 aliphatic heterocycles. The maximum atomic E-state index is 4.88. The van der Waals surface area contributed by atoms with E-state index in [0.717, 1.165) is 30.0 Å². The molecule has 0 fully saturated rings. The predicted molar refractivity (Wildman–Crippen MR) is 171 cm³/mol. The largest absolute Gasteiger partial charge is 0.293 e. The first-order valence-electron chi connectivity index (χ1n) is 14.5. The highest BCUT2D eigenvalue weighted by Crippen LogP contribution is 2.54. The first-order chi connectivity index (χ1) is 20.9. The number of fused-ring (bicyclic) bond motifs is 12. The van der Waals surface area contributed by atoms with Crippen LogP contribution in [0.15, 0.2) is 128 Å². The van der Waals surface area contributed by atoms with Gasteiger partial charge in [-0.05, 0) is 65.9 Å². The third kappa shape index (κ3) is 3.18. The number of benzene rings is 3. The van der Waals surface area contributed by atoms with Gasteiger partial charge in [-0.15, -0.1) is 0 Å². The summed E-state index contributed by atoms with van der Waals surface area (Å²) < 4.78 is 4.74. The monoisotopic (exact) mass is 538 g/mol. The van der Waals surface area contributed by atoms with E-state index in [1.807, 2.05) is 24.5 Å². The Balaban J connectivity index is 1.53. The van der Waals surface area contributed by atoms with Crippen LogP contribution in [0.2, 0.25) is 0 Å². The normalized spacial score (nSPS) is 13.0. The molecule has 0 saturated heterocycles. The minimum absolute atomic E-state index is 0.916. The topological polar surface area (TPSA) is 35.6 Å². The Morgan fingerprint density at radius 3 is 1.79 bits per heavy atom. The molecule has 9 rings (SSSR count). The summed E-state index contributed by atoms with van der Waals surface area (Å²) in [6.45, 7) is 0. The van der Waals surface area contributed by atoms with Crippen LogP contribution in [0, 0.1) is 0 Å². The molecule has 0 spiro atoms. The average Bonchev–Trinajstić information content (AvgIpc) is 3.58. The van der Waals surface area contributed by atoms with E-state index < -0.39 is 0 Å². The van der Waals surface area contributed by atoms with Gasteiger partial charge in [0, 0.05) is 40.0 Å². The lowest BCUT2D eigenvalue weighted by Gasteiger charge is -2.23. The fourth-order valence-electron chi connectivity index (χ4n) is 7.07. The molecule has 0 bridgehead atoms. The lowest BCUT2D eigenvalue weighted by atomic mass is 9.83. The van der Waals surface area contributed by atoms with Crippen molar-refractivity contribution in [1.82, 2.24) is 19.1 Å². The van der Waals surface area contributed by atoms with Crippen LogP contribution in [0.4, 0.5) is 0 Å². The third-order valence-corrected chi connectivity index (χ3v) is 8.68. The quantitative estimate of drug-likeness (QED) is 0.220. The van der Waals surface area contributed by atoms with Crippen LogP contribution in [0.3, 0.4) is 0 Å². The molecule has 0 radical (unpaired) electrons. The standard InChI is InChI=1S/C38H26N4/c1-3-15-27-25(13-1)35-29-17-5-7-19-31(29)42(34-22-10-12-24-40-34)38(35)28-16-4-2-14-26(28)36-30-18-6-8-20-32(30)41(37(27)36)33-21-9-11-23-39-33/h1-5,7-17,19-24H,6,18H2. The van der Waals surface area contributed by atoms with E-state index in [-0.39, 0.29) is 0 Å². The number of aromatic nitrogens is 4. The van der Waals surface area contributed by atoms with Crippen molar-refractivity contribution < 1.29 is 0 Å². The molecule has 0 unspecified atom stereocenters. The van der Waals surface area contributed by atoms with E-state index in [1.165, 1.54) is 61.4 Å². The molecule has 198 valence electrons. The zero-order chi connectivity index (χ0) is 27.6. The minimum atomic E-state index is 0.916. The molecule has 7 aromatic rings. The van der Waals surface area contributed by atoms with Crippen LogP contribution < -0.4 is 0 Å². The Morgan fingerprint density at radius 2 is 1.10 bits per heavy atom. The average molecular weight is 539 g/mol. The second-order valence-corrected chi connectivity index (χ2v) is 10.9. The Labute approximate surface area is 243 Å². The predicted octanol–water partition coefficient (Wildman–Crippen LogP) is 9.15. The third-order valence-electron chi connectivity index (χ3n) is 8.68. The van der Waals surface area contributed by atoms with Crippen molar-refractivity contribution in [1.29, 1.82) is 0 Å². The summed E-state index contributed by atoms with van der Waals surface area (Å²) in [4.78, 5) is 9.74. The van der Waals surface area contributed by atoms with Gasteiger partial charge in [0.1, 0.15) is 11.6 Å². The number of hydrogen-bond donors (Lipinski definition) is 0. The SMILES string of the molecule is C1=Cc2c(c3c(n2-c2ccccn2)-c2ccccc2-c2c(n(-c4ccccn4)c4ccccc24)-c2ccccc2-3)CC1. The van der Waals surface area contributed by atoms with Gasteiger partial charge in [-0.1, -0.05) is 84.9 Å². The van der Waals surface area contributed by atoms with Gasteiger partial charge in [0.15, 0.2) is 0 Å². The van der Waals surface area contributed by atoms with Gasteiger partial charge in [-0.3, -0.25) is 9.13 Å². The van der Waals surface area contributed by atoms with Gasteiger partial charge >= 0.3 is 0 Å². The van der Waals surface area contributed by atoms with Gasteiger partial charge in [-0.25, -0.2) is 9.97 Å². The maximum Gasteiger partial charge on any atom is 0.137 e. The van der Waals surface area contributed by atoms with Crippen LogP contribution >= 0.6 is 0 Å².